The van der Waals surface area contributed by atoms with Crippen LogP contribution in [0, 0.1) is 5.92 Å². The summed E-state index contributed by atoms with van der Waals surface area (Å²) in [6.07, 6.45) is 2.49. The predicted molar refractivity (Wildman–Crippen MR) is 82.7 cm³/mol. The molecule has 2 N–H and O–H groups in total. The van der Waals surface area contributed by atoms with Crippen molar-refractivity contribution in [3.05, 3.63) is 42.0 Å². The molecule has 0 saturated heterocycles. The van der Waals surface area contributed by atoms with E-state index < -0.39 is 0 Å². The molecular formula is C17H20N2O. The molecule has 0 spiro atoms. The number of fused-ring (bicyclic) bond motifs is 1. The normalized spacial score (nSPS) is 14.4. The maximum atomic E-state index is 12.6. The number of nitrogen functional groups attached to an aromatic ring is 1. The van der Waals surface area contributed by atoms with E-state index in [2.05, 4.69) is 0 Å². The summed E-state index contributed by atoms with van der Waals surface area (Å²) in [7, 11) is 0. The largest absolute Gasteiger partial charge is 0.398 e. The zero-order valence-electron chi connectivity index (χ0n) is 11.8. The quantitative estimate of drug-likeness (QED) is 0.865. The van der Waals surface area contributed by atoms with Crippen LogP contribution in [0.2, 0.25) is 0 Å². The lowest BCUT2D eigenvalue weighted by molar-refractivity contribution is 0.0758. The van der Waals surface area contributed by atoms with E-state index in [1.54, 1.807) is 0 Å². The van der Waals surface area contributed by atoms with Gasteiger partial charge in [0.2, 0.25) is 0 Å². The lowest BCUT2D eigenvalue weighted by Crippen LogP contribution is -2.33. The molecule has 3 rings (SSSR count). The van der Waals surface area contributed by atoms with E-state index in [1.807, 2.05) is 48.2 Å². The number of amides is 1. The second kappa shape index (κ2) is 5.16. The molecule has 2 aromatic carbocycles. The third kappa shape index (κ3) is 2.48. The Kier molecular flexibility index (Phi) is 3.35. The molecule has 20 heavy (non-hydrogen) atoms. The van der Waals surface area contributed by atoms with Gasteiger partial charge in [-0.25, -0.2) is 0 Å². The molecule has 1 saturated carbocycles. The van der Waals surface area contributed by atoms with Crippen molar-refractivity contribution in [3.63, 3.8) is 0 Å². The minimum Gasteiger partial charge on any atom is -0.398 e. The van der Waals surface area contributed by atoms with Crippen LogP contribution in [0.4, 0.5) is 5.69 Å². The van der Waals surface area contributed by atoms with Crippen molar-refractivity contribution in [1.82, 2.24) is 4.90 Å². The van der Waals surface area contributed by atoms with E-state index in [0.717, 1.165) is 23.9 Å². The Hall–Kier alpha value is -2.03. The van der Waals surface area contributed by atoms with Crippen molar-refractivity contribution >= 4 is 22.4 Å². The minimum atomic E-state index is 0.0580. The summed E-state index contributed by atoms with van der Waals surface area (Å²) >= 11 is 0. The number of benzene rings is 2. The summed E-state index contributed by atoms with van der Waals surface area (Å²) in [4.78, 5) is 14.6. The van der Waals surface area contributed by atoms with Crippen molar-refractivity contribution in [2.45, 2.75) is 19.8 Å². The summed E-state index contributed by atoms with van der Waals surface area (Å²) in [5, 5.41) is 2.14. The fourth-order valence-corrected chi connectivity index (χ4v) is 2.58. The molecule has 104 valence electrons. The molecule has 0 heterocycles. The van der Waals surface area contributed by atoms with Gasteiger partial charge in [0.1, 0.15) is 0 Å². The van der Waals surface area contributed by atoms with E-state index in [9.17, 15) is 4.79 Å². The highest BCUT2D eigenvalue weighted by atomic mass is 16.2. The fraction of sp³-hybridized carbons (Fsp3) is 0.353. The standard InChI is InChI=1S/C17H20N2O/c1-2-19(11-12-7-8-12)17(20)15-9-13-5-3-4-6-14(13)10-16(15)18/h3-6,9-10,12H,2,7-8,11,18H2,1H3. The Morgan fingerprint density at radius 1 is 1.25 bits per heavy atom. The summed E-state index contributed by atoms with van der Waals surface area (Å²) in [5.74, 6) is 0.753. The number of carbonyl (C=O) groups is 1. The van der Waals surface area contributed by atoms with E-state index >= 15 is 0 Å². The average molecular weight is 268 g/mol. The van der Waals surface area contributed by atoms with Crippen molar-refractivity contribution < 1.29 is 4.79 Å². The molecule has 1 fully saturated rings. The van der Waals surface area contributed by atoms with Crippen LogP contribution >= 0.6 is 0 Å². The number of nitrogens with two attached hydrogens (primary N) is 1. The third-order valence-electron chi connectivity index (χ3n) is 3.99. The molecule has 0 aliphatic heterocycles. The molecule has 1 aliphatic rings. The average Bonchev–Trinajstić information content (AvgIpc) is 3.27. The van der Waals surface area contributed by atoms with E-state index in [-0.39, 0.29) is 5.91 Å². The maximum Gasteiger partial charge on any atom is 0.255 e. The van der Waals surface area contributed by atoms with Gasteiger partial charge in [0.25, 0.3) is 5.91 Å². The maximum absolute atomic E-state index is 12.6. The highest BCUT2D eigenvalue weighted by Gasteiger charge is 2.27. The van der Waals surface area contributed by atoms with Crippen LogP contribution in [0.25, 0.3) is 10.8 Å². The fourth-order valence-electron chi connectivity index (χ4n) is 2.58. The number of hydrogen-bond acceptors (Lipinski definition) is 2. The molecule has 1 amide bonds. The lowest BCUT2D eigenvalue weighted by Gasteiger charge is -2.21. The van der Waals surface area contributed by atoms with Crippen molar-refractivity contribution in [3.8, 4) is 0 Å². The third-order valence-corrected chi connectivity index (χ3v) is 3.99. The number of rotatable bonds is 4. The molecule has 0 bridgehead atoms. The van der Waals surface area contributed by atoms with Gasteiger partial charge in [0.05, 0.1) is 5.56 Å². The number of nitrogens with zero attached hydrogens (tertiary/aromatic N) is 1. The first kappa shape index (κ1) is 13.0. The molecule has 0 aromatic heterocycles. The van der Waals surface area contributed by atoms with Crippen LogP contribution in [-0.2, 0) is 0 Å². The lowest BCUT2D eigenvalue weighted by atomic mass is 10.0. The molecule has 2 aromatic rings. The Labute approximate surface area is 119 Å². The van der Waals surface area contributed by atoms with Crippen LogP contribution in [0.5, 0.6) is 0 Å². The molecule has 0 radical (unpaired) electrons. The van der Waals surface area contributed by atoms with E-state index in [4.69, 9.17) is 5.73 Å². The Bertz CT molecular complexity index is 646. The molecule has 3 heteroatoms. The predicted octanol–water partition coefficient (Wildman–Crippen LogP) is 3.29. The van der Waals surface area contributed by atoms with Crippen LogP contribution in [-0.4, -0.2) is 23.9 Å². The van der Waals surface area contributed by atoms with Gasteiger partial charge < -0.3 is 10.6 Å². The van der Waals surface area contributed by atoms with E-state index in [0.29, 0.717) is 17.2 Å². The molecule has 0 atom stereocenters. The molecule has 0 unspecified atom stereocenters. The first-order valence-electron chi connectivity index (χ1n) is 7.26. The van der Waals surface area contributed by atoms with Crippen molar-refractivity contribution in [1.29, 1.82) is 0 Å². The summed E-state index contributed by atoms with van der Waals surface area (Å²) in [5.41, 5.74) is 7.28. The number of anilines is 1. The summed E-state index contributed by atoms with van der Waals surface area (Å²) in [6.45, 7) is 3.63. The van der Waals surface area contributed by atoms with Gasteiger partial charge in [-0.3, -0.25) is 4.79 Å². The Balaban J connectivity index is 1.94. The Morgan fingerprint density at radius 2 is 1.90 bits per heavy atom. The smallest absolute Gasteiger partial charge is 0.255 e. The molecule has 1 aliphatic carbocycles. The van der Waals surface area contributed by atoms with Crippen LogP contribution < -0.4 is 5.73 Å². The zero-order valence-corrected chi connectivity index (χ0v) is 11.8. The second-order valence-electron chi connectivity index (χ2n) is 5.57. The molecule has 3 nitrogen and oxygen atoms in total. The van der Waals surface area contributed by atoms with Crippen molar-refractivity contribution in [2.24, 2.45) is 5.92 Å². The number of hydrogen-bond donors (Lipinski definition) is 1. The van der Waals surface area contributed by atoms with Gasteiger partial charge in [0, 0.05) is 18.8 Å². The monoisotopic (exact) mass is 268 g/mol. The SMILES string of the molecule is CCN(CC1CC1)C(=O)c1cc2ccccc2cc1N. The topological polar surface area (TPSA) is 46.3 Å². The van der Waals surface area contributed by atoms with Crippen LogP contribution in [0.1, 0.15) is 30.1 Å². The van der Waals surface area contributed by atoms with Gasteiger partial charge in [-0.1, -0.05) is 24.3 Å². The van der Waals surface area contributed by atoms with Gasteiger partial charge in [0.15, 0.2) is 0 Å². The van der Waals surface area contributed by atoms with Gasteiger partial charge >= 0.3 is 0 Å². The molecular weight excluding hydrogens is 248 g/mol. The first-order chi connectivity index (χ1) is 9.69. The second-order valence-corrected chi connectivity index (χ2v) is 5.57. The van der Waals surface area contributed by atoms with Crippen molar-refractivity contribution in [2.75, 3.05) is 18.8 Å². The Morgan fingerprint density at radius 3 is 2.50 bits per heavy atom. The van der Waals surface area contributed by atoms with Crippen LogP contribution in [0.15, 0.2) is 36.4 Å². The summed E-state index contributed by atoms with van der Waals surface area (Å²) in [6, 6.07) is 11.8. The van der Waals surface area contributed by atoms with Crippen LogP contribution in [0.3, 0.4) is 0 Å². The first-order valence-corrected chi connectivity index (χ1v) is 7.26. The van der Waals surface area contributed by atoms with Gasteiger partial charge in [-0.15, -0.1) is 0 Å². The highest BCUT2D eigenvalue weighted by Crippen LogP contribution is 2.31. The number of carbonyl (C=O) groups excluding carboxylic acids is 1. The van der Waals surface area contributed by atoms with E-state index in [1.165, 1.54) is 12.8 Å². The minimum absolute atomic E-state index is 0.0580. The van der Waals surface area contributed by atoms with Gasteiger partial charge in [-0.2, -0.15) is 0 Å². The summed E-state index contributed by atoms with van der Waals surface area (Å²) < 4.78 is 0. The zero-order chi connectivity index (χ0) is 14.1. The van der Waals surface area contributed by atoms with Gasteiger partial charge in [-0.05, 0) is 48.6 Å². The highest BCUT2D eigenvalue weighted by molar-refractivity contribution is 6.03.